The molecule has 0 spiro atoms. The van der Waals surface area contributed by atoms with Crippen molar-refractivity contribution in [1.82, 2.24) is 21.3 Å². The van der Waals surface area contributed by atoms with Crippen LogP contribution in [-0.4, -0.2) is 76.4 Å². The fourth-order valence-corrected chi connectivity index (χ4v) is 3.96. The summed E-state index contributed by atoms with van der Waals surface area (Å²) in [4.78, 5) is 74.2. The molecule has 0 bridgehead atoms. The number of aliphatic carboxylic acids is 1. The number of unbranched alkanes of at least 4 members (excludes halogenated alkanes) is 1. The van der Waals surface area contributed by atoms with Crippen molar-refractivity contribution in [2.45, 2.75) is 83.5 Å². The van der Waals surface area contributed by atoms with Gasteiger partial charge in [-0.05, 0) is 55.8 Å². The highest BCUT2D eigenvalue weighted by Crippen LogP contribution is 2.13. The van der Waals surface area contributed by atoms with Crippen LogP contribution in [0.2, 0.25) is 0 Å². The van der Waals surface area contributed by atoms with Gasteiger partial charge in [0.2, 0.25) is 29.5 Å². The smallest absolute Gasteiger partial charge is 0.303 e. The first kappa shape index (κ1) is 34.8. The number of carbonyl (C=O) groups excluding carboxylic acids is 5. The summed E-state index contributed by atoms with van der Waals surface area (Å²) < 4.78 is 0. The predicted molar refractivity (Wildman–Crippen MR) is 149 cm³/mol. The van der Waals surface area contributed by atoms with Crippen molar-refractivity contribution in [3.8, 4) is 5.75 Å². The molecule has 5 amide bonds. The Morgan fingerprint density at radius 1 is 0.805 bits per heavy atom. The summed E-state index contributed by atoms with van der Waals surface area (Å²) in [6.45, 7) is 4.89. The van der Waals surface area contributed by atoms with E-state index < -0.39 is 72.0 Å². The Morgan fingerprint density at radius 3 is 1.90 bits per heavy atom. The van der Waals surface area contributed by atoms with Crippen LogP contribution < -0.4 is 32.7 Å². The van der Waals surface area contributed by atoms with Gasteiger partial charge in [-0.1, -0.05) is 26.0 Å². The minimum Gasteiger partial charge on any atom is -0.508 e. The summed E-state index contributed by atoms with van der Waals surface area (Å²) in [5.41, 5.74) is 11.6. The van der Waals surface area contributed by atoms with Gasteiger partial charge < -0.3 is 42.9 Å². The summed E-state index contributed by atoms with van der Waals surface area (Å²) in [5.74, 6) is -5.09. The number of phenols is 1. The molecule has 1 aromatic rings. The second kappa shape index (κ2) is 17.5. The quantitative estimate of drug-likeness (QED) is 0.0997. The van der Waals surface area contributed by atoms with Crippen molar-refractivity contribution in [3.63, 3.8) is 0 Å². The molecule has 14 heteroatoms. The van der Waals surface area contributed by atoms with Crippen molar-refractivity contribution in [2.24, 2.45) is 17.4 Å². The highest BCUT2D eigenvalue weighted by Gasteiger charge is 2.32. The van der Waals surface area contributed by atoms with E-state index in [0.29, 0.717) is 24.9 Å². The number of amides is 5. The fraction of sp³-hybridized carbons (Fsp3) is 0.556. The Hall–Kier alpha value is -4.20. The number of phenolic OH excluding ortho intramolecular Hbond substituents is 1. The lowest BCUT2D eigenvalue weighted by Gasteiger charge is -2.28. The molecule has 0 aliphatic carbocycles. The van der Waals surface area contributed by atoms with Crippen LogP contribution in [0, 0.1) is 5.92 Å². The number of benzene rings is 1. The topological polar surface area (TPSA) is 243 Å². The number of nitrogens with two attached hydrogens (primary N) is 2. The third-order valence-electron chi connectivity index (χ3n) is 6.20. The van der Waals surface area contributed by atoms with E-state index in [0.717, 1.165) is 0 Å². The van der Waals surface area contributed by atoms with E-state index in [1.165, 1.54) is 19.1 Å². The van der Waals surface area contributed by atoms with Crippen molar-refractivity contribution in [3.05, 3.63) is 29.8 Å². The molecule has 0 aromatic heterocycles. The van der Waals surface area contributed by atoms with E-state index >= 15 is 0 Å². The van der Waals surface area contributed by atoms with E-state index in [-0.39, 0.29) is 25.0 Å². The lowest BCUT2D eigenvalue weighted by Crippen LogP contribution is -2.59. The average molecular weight is 579 g/mol. The van der Waals surface area contributed by atoms with Crippen molar-refractivity contribution >= 4 is 35.5 Å². The van der Waals surface area contributed by atoms with Gasteiger partial charge in [-0.25, -0.2) is 0 Å². The normalized spacial score (nSPS) is 13.8. The van der Waals surface area contributed by atoms with Gasteiger partial charge in [-0.3, -0.25) is 28.8 Å². The Morgan fingerprint density at radius 2 is 1.39 bits per heavy atom. The fourth-order valence-electron chi connectivity index (χ4n) is 3.96. The number of carbonyl (C=O) groups is 6. The molecule has 1 rings (SSSR count). The number of primary amides is 1. The maximum atomic E-state index is 13.4. The van der Waals surface area contributed by atoms with Gasteiger partial charge in [0.25, 0.3) is 0 Å². The van der Waals surface area contributed by atoms with Gasteiger partial charge in [-0.15, -0.1) is 0 Å². The molecular formula is C27H42N6O8. The average Bonchev–Trinajstić information content (AvgIpc) is 2.89. The van der Waals surface area contributed by atoms with Gasteiger partial charge in [0.05, 0.1) is 0 Å². The number of aromatic hydroxyl groups is 1. The van der Waals surface area contributed by atoms with Crippen LogP contribution in [-0.2, 0) is 35.2 Å². The van der Waals surface area contributed by atoms with E-state index in [4.69, 9.17) is 16.6 Å². The first-order valence-electron chi connectivity index (χ1n) is 13.4. The zero-order valence-corrected chi connectivity index (χ0v) is 23.6. The molecule has 0 aliphatic heterocycles. The molecule has 0 unspecified atom stereocenters. The van der Waals surface area contributed by atoms with E-state index in [1.807, 2.05) is 0 Å². The highest BCUT2D eigenvalue weighted by molar-refractivity contribution is 5.95. The van der Waals surface area contributed by atoms with Crippen LogP contribution in [0.3, 0.4) is 0 Å². The van der Waals surface area contributed by atoms with Gasteiger partial charge >= 0.3 is 5.97 Å². The van der Waals surface area contributed by atoms with Crippen LogP contribution in [0.25, 0.3) is 0 Å². The number of carboxylic acid groups (broad SMARTS) is 1. The summed E-state index contributed by atoms with van der Waals surface area (Å²) in [6, 6.07) is 1.42. The molecule has 1 aromatic carbocycles. The lowest BCUT2D eigenvalue weighted by molar-refractivity contribution is -0.138. The van der Waals surface area contributed by atoms with Crippen molar-refractivity contribution < 1.29 is 39.0 Å². The SMILES string of the molecule is CC(=O)N[C@@H](CCC(=O)O)C(=O)N[C@H](C(=O)N[C@@H](Cc1ccc(O)cc1)C(=O)N[C@@H](CCCCN)C(N)=O)C(C)C. The third-order valence-corrected chi connectivity index (χ3v) is 6.20. The van der Waals surface area contributed by atoms with Crippen LogP contribution in [0.4, 0.5) is 0 Å². The number of hydrogen-bond acceptors (Lipinski definition) is 8. The molecule has 10 N–H and O–H groups in total. The van der Waals surface area contributed by atoms with Gasteiger partial charge in [-0.2, -0.15) is 0 Å². The maximum Gasteiger partial charge on any atom is 0.303 e. The Kier molecular flexibility index (Phi) is 14.8. The standard InChI is InChI=1S/C27H42N6O8/c1-15(2)23(33-25(39)20(30-16(3)34)11-12-22(36)37)27(41)32-21(14-17-7-9-18(35)10-8-17)26(40)31-19(24(29)38)6-4-5-13-28/h7-10,15,19-21,23,35H,4-6,11-14,28H2,1-3H3,(H2,29,38)(H,30,34)(H,31,40)(H,32,41)(H,33,39)(H,36,37)/t19-,20-,21-,23-/m0/s1. The van der Waals surface area contributed by atoms with Crippen LogP contribution in [0.15, 0.2) is 24.3 Å². The van der Waals surface area contributed by atoms with E-state index in [2.05, 4.69) is 21.3 Å². The van der Waals surface area contributed by atoms with Crippen molar-refractivity contribution in [1.29, 1.82) is 0 Å². The minimum atomic E-state index is -1.20. The lowest BCUT2D eigenvalue weighted by atomic mass is 9.99. The maximum absolute atomic E-state index is 13.4. The van der Waals surface area contributed by atoms with Crippen LogP contribution in [0.5, 0.6) is 5.75 Å². The molecule has 228 valence electrons. The second-order valence-electron chi connectivity index (χ2n) is 10.1. The number of nitrogens with one attached hydrogen (secondary N) is 4. The first-order valence-corrected chi connectivity index (χ1v) is 13.4. The third kappa shape index (κ3) is 13.1. The summed E-state index contributed by atoms with van der Waals surface area (Å²) in [5, 5.41) is 28.7. The largest absolute Gasteiger partial charge is 0.508 e. The Labute approximate surface area is 239 Å². The Bertz CT molecular complexity index is 1060. The van der Waals surface area contributed by atoms with Gasteiger partial charge in [0.1, 0.15) is 29.9 Å². The summed E-state index contributed by atoms with van der Waals surface area (Å²) in [6.07, 6.45) is 0.810. The highest BCUT2D eigenvalue weighted by atomic mass is 16.4. The monoisotopic (exact) mass is 578 g/mol. The predicted octanol–water partition coefficient (Wildman–Crippen LogP) is -0.971. The molecule has 0 saturated carbocycles. The molecule has 4 atom stereocenters. The molecule has 0 fully saturated rings. The zero-order valence-electron chi connectivity index (χ0n) is 23.6. The van der Waals surface area contributed by atoms with Crippen LogP contribution >= 0.6 is 0 Å². The van der Waals surface area contributed by atoms with Crippen LogP contribution in [0.1, 0.15) is 58.4 Å². The van der Waals surface area contributed by atoms with E-state index in [9.17, 15) is 33.9 Å². The summed E-state index contributed by atoms with van der Waals surface area (Å²) in [7, 11) is 0. The molecule has 0 radical (unpaired) electrons. The first-order chi connectivity index (χ1) is 19.2. The molecular weight excluding hydrogens is 536 g/mol. The number of hydrogen-bond donors (Lipinski definition) is 8. The number of carboxylic acids is 1. The molecule has 41 heavy (non-hydrogen) atoms. The van der Waals surface area contributed by atoms with Gasteiger partial charge in [0, 0.05) is 19.8 Å². The Balaban J connectivity index is 3.17. The molecule has 0 aliphatic rings. The minimum absolute atomic E-state index is 0.00619. The number of rotatable bonds is 18. The molecule has 0 saturated heterocycles. The van der Waals surface area contributed by atoms with E-state index in [1.54, 1.807) is 26.0 Å². The zero-order chi connectivity index (χ0) is 31.1. The van der Waals surface area contributed by atoms with Gasteiger partial charge in [0.15, 0.2) is 0 Å². The summed E-state index contributed by atoms with van der Waals surface area (Å²) >= 11 is 0. The molecule has 14 nitrogen and oxygen atoms in total. The second-order valence-corrected chi connectivity index (χ2v) is 10.1. The molecule has 0 heterocycles. The van der Waals surface area contributed by atoms with Crippen molar-refractivity contribution in [2.75, 3.05) is 6.54 Å².